The van der Waals surface area contributed by atoms with Crippen LogP contribution in [0.1, 0.15) is 39.4 Å². The summed E-state index contributed by atoms with van der Waals surface area (Å²) < 4.78 is 5.44. The number of aromatic nitrogens is 1. The molecule has 3 heterocycles. The van der Waals surface area contributed by atoms with Gasteiger partial charge in [-0.2, -0.15) is 0 Å². The number of benzene rings is 1. The van der Waals surface area contributed by atoms with Crippen LogP contribution in [0, 0.1) is 0 Å². The standard InChI is InChI=1S/C21H17N3O4/c1-14(17-9-6-12-28-17)24(18-10-4-5-11-22-18)19(25)13-23-20(26)15-7-2-3-8-16(15)21(23)27/h2-12,14H,13H2,1H3/t14-/m0/s1. The first-order chi connectivity index (χ1) is 13.6. The van der Waals surface area contributed by atoms with E-state index in [1.807, 2.05) is 0 Å². The largest absolute Gasteiger partial charge is 0.467 e. The lowest BCUT2D eigenvalue weighted by molar-refractivity contribution is -0.119. The van der Waals surface area contributed by atoms with Crippen LogP contribution in [0.25, 0.3) is 0 Å². The van der Waals surface area contributed by atoms with Gasteiger partial charge in [0, 0.05) is 6.20 Å². The number of imide groups is 1. The van der Waals surface area contributed by atoms with Gasteiger partial charge < -0.3 is 4.42 Å². The highest BCUT2D eigenvalue weighted by atomic mass is 16.3. The number of amides is 3. The first-order valence-corrected chi connectivity index (χ1v) is 8.79. The first-order valence-electron chi connectivity index (χ1n) is 8.79. The van der Waals surface area contributed by atoms with Crippen molar-refractivity contribution in [2.75, 3.05) is 11.4 Å². The molecular weight excluding hydrogens is 358 g/mol. The van der Waals surface area contributed by atoms with Crippen molar-refractivity contribution >= 4 is 23.5 Å². The van der Waals surface area contributed by atoms with Gasteiger partial charge in [-0.1, -0.05) is 18.2 Å². The molecule has 0 saturated carbocycles. The zero-order valence-corrected chi connectivity index (χ0v) is 15.1. The molecule has 140 valence electrons. The molecular formula is C21H17N3O4. The Balaban J connectivity index is 1.64. The number of fused-ring (bicyclic) bond motifs is 1. The van der Waals surface area contributed by atoms with Crippen LogP contribution in [0.15, 0.2) is 71.5 Å². The molecule has 7 heteroatoms. The van der Waals surface area contributed by atoms with Crippen LogP contribution in [-0.2, 0) is 4.79 Å². The van der Waals surface area contributed by atoms with Gasteiger partial charge in [-0.25, -0.2) is 4.98 Å². The summed E-state index contributed by atoms with van der Waals surface area (Å²) in [6.45, 7) is 1.42. The minimum absolute atomic E-state index is 0.309. The van der Waals surface area contributed by atoms with Crippen molar-refractivity contribution in [3.8, 4) is 0 Å². The maximum absolute atomic E-state index is 13.2. The summed E-state index contributed by atoms with van der Waals surface area (Å²) in [6.07, 6.45) is 3.10. The molecule has 0 aliphatic carbocycles. The summed E-state index contributed by atoms with van der Waals surface area (Å²) in [5.41, 5.74) is 0.618. The second kappa shape index (κ2) is 7.11. The van der Waals surface area contributed by atoms with Gasteiger partial charge in [-0.15, -0.1) is 0 Å². The zero-order chi connectivity index (χ0) is 19.7. The van der Waals surface area contributed by atoms with E-state index < -0.39 is 23.8 Å². The fourth-order valence-corrected chi connectivity index (χ4v) is 3.29. The Bertz CT molecular complexity index is 996. The third kappa shape index (κ3) is 2.96. The Kier molecular flexibility index (Phi) is 4.49. The molecule has 0 radical (unpaired) electrons. The van der Waals surface area contributed by atoms with E-state index in [1.54, 1.807) is 67.7 Å². The summed E-state index contributed by atoms with van der Waals surface area (Å²) in [5.74, 6) is -0.396. The lowest BCUT2D eigenvalue weighted by Crippen LogP contribution is -2.44. The molecule has 1 aliphatic rings. The normalized spacial score (nSPS) is 14.1. The summed E-state index contributed by atoms with van der Waals surface area (Å²) in [5, 5.41) is 0. The van der Waals surface area contributed by atoms with Crippen molar-refractivity contribution < 1.29 is 18.8 Å². The van der Waals surface area contributed by atoms with Crippen LogP contribution < -0.4 is 4.90 Å². The number of pyridine rings is 1. The molecule has 1 atom stereocenters. The predicted molar refractivity (Wildman–Crippen MR) is 101 cm³/mol. The van der Waals surface area contributed by atoms with Gasteiger partial charge >= 0.3 is 0 Å². The fraction of sp³-hybridized carbons (Fsp3) is 0.143. The highest BCUT2D eigenvalue weighted by Gasteiger charge is 2.38. The van der Waals surface area contributed by atoms with Gasteiger partial charge in [0.15, 0.2) is 0 Å². The molecule has 28 heavy (non-hydrogen) atoms. The van der Waals surface area contributed by atoms with E-state index >= 15 is 0 Å². The monoisotopic (exact) mass is 375 g/mol. The highest BCUT2D eigenvalue weighted by Crippen LogP contribution is 2.27. The van der Waals surface area contributed by atoms with Crippen molar-refractivity contribution in [3.63, 3.8) is 0 Å². The maximum atomic E-state index is 13.2. The summed E-state index contributed by atoms with van der Waals surface area (Å²) in [6, 6.07) is 14.8. The smallest absolute Gasteiger partial charge is 0.262 e. The molecule has 0 unspecified atom stereocenters. The quantitative estimate of drug-likeness (QED) is 0.640. The van der Waals surface area contributed by atoms with Crippen LogP contribution in [0.4, 0.5) is 5.82 Å². The van der Waals surface area contributed by atoms with Crippen LogP contribution in [0.2, 0.25) is 0 Å². The van der Waals surface area contributed by atoms with Crippen molar-refractivity contribution in [1.29, 1.82) is 0 Å². The Labute approximate surface area is 161 Å². The van der Waals surface area contributed by atoms with E-state index in [4.69, 9.17) is 4.42 Å². The summed E-state index contributed by atoms with van der Waals surface area (Å²) in [7, 11) is 0. The van der Waals surface area contributed by atoms with E-state index in [0.717, 1.165) is 4.90 Å². The SMILES string of the molecule is C[C@@H](c1ccco1)N(C(=O)CN1C(=O)c2ccccc2C1=O)c1ccccn1. The summed E-state index contributed by atoms with van der Waals surface area (Å²) >= 11 is 0. The number of nitrogens with zero attached hydrogens (tertiary/aromatic N) is 3. The molecule has 1 aliphatic heterocycles. The van der Waals surface area contributed by atoms with E-state index in [0.29, 0.717) is 22.7 Å². The number of anilines is 1. The van der Waals surface area contributed by atoms with Crippen molar-refractivity contribution in [1.82, 2.24) is 9.88 Å². The number of carbonyl (C=O) groups excluding carboxylic acids is 3. The minimum atomic E-state index is -0.472. The molecule has 3 aromatic rings. The molecule has 0 fully saturated rings. The number of carbonyl (C=O) groups is 3. The molecule has 2 aromatic heterocycles. The van der Waals surface area contributed by atoms with Crippen molar-refractivity contribution in [2.45, 2.75) is 13.0 Å². The maximum Gasteiger partial charge on any atom is 0.262 e. The van der Waals surface area contributed by atoms with Crippen LogP contribution in [0.3, 0.4) is 0 Å². The Morgan fingerprint density at radius 2 is 1.71 bits per heavy atom. The Hall–Kier alpha value is -3.74. The lowest BCUT2D eigenvalue weighted by Gasteiger charge is -2.28. The van der Waals surface area contributed by atoms with Gasteiger partial charge in [-0.3, -0.25) is 24.2 Å². The number of furan rings is 1. The van der Waals surface area contributed by atoms with Crippen molar-refractivity contribution in [2.24, 2.45) is 0 Å². The Morgan fingerprint density at radius 3 is 2.29 bits per heavy atom. The zero-order valence-electron chi connectivity index (χ0n) is 15.1. The van der Waals surface area contributed by atoms with Gasteiger partial charge in [0.1, 0.15) is 18.1 Å². The molecule has 1 aromatic carbocycles. The van der Waals surface area contributed by atoms with Gasteiger partial charge in [0.25, 0.3) is 11.8 Å². The predicted octanol–water partition coefficient (Wildman–Crippen LogP) is 3.07. The van der Waals surface area contributed by atoms with Crippen molar-refractivity contribution in [3.05, 3.63) is 83.9 Å². The molecule has 3 amide bonds. The van der Waals surface area contributed by atoms with Gasteiger partial charge in [0.2, 0.25) is 5.91 Å². The molecule has 0 N–H and O–H groups in total. The molecule has 0 spiro atoms. The van der Waals surface area contributed by atoms with Gasteiger partial charge in [-0.05, 0) is 43.3 Å². The average molecular weight is 375 g/mol. The van der Waals surface area contributed by atoms with E-state index in [9.17, 15) is 14.4 Å². The molecule has 0 bridgehead atoms. The molecule has 4 rings (SSSR count). The molecule has 7 nitrogen and oxygen atoms in total. The van der Waals surface area contributed by atoms with E-state index in [2.05, 4.69) is 4.98 Å². The second-order valence-electron chi connectivity index (χ2n) is 6.39. The number of hydrogen-bond donors (Lipinski definition) is 0. The van der Waals surface area contributed by atoms with E-state index in [-0.39, 0.29) is 6.54 Å². The third-order valence-electron chi connectivity index (χ3n) is 4.68. The second-order valence-corrected chi connectivity index (χ2v) is 6.39. The lowest BCUT2D eigenvalue weighted by atomic mass is 10.1. The van der Waals surface area contributed by atoms with Gasteiger partial charge in [0.05, 0.1) is 23.4 Å². The first kappa shape index (κ1) is 17.7. The average Bonchev–Trinajstić information content (AvgIpc) is 3.33. The van der Waals surface area contributed by atoms with Crippen LogP contribution in [-0.4, -0.2) is 34.2 Å². The number of rotatable bonds is 5. The number of hydrogen-bond acceptors (Lipinski definition) is 5. The minimum Gasteiger partial charge on any atom is -0.467 e. The third-order valence-corrected chi connectivity index (χ3v) is 4.68. The highest BCUT2D eigenvalue weighted by molar-refractivity contribution is 6.22. The Morgan fingerprint density at radius 1 is 1.04 bits per heavy atom. The van der Waals surface area contributed by atoms with Crippen LogP contribution >= 0.6 is 0 Å². The topological polar surface area (TPSA) is 83.7 Å². The fourth-order valence-electron chi connectivity index (χ4n) is 3.29. The molecule has 0 saturated heterocycles. The van der Waals surface area contributed by atoms with E-state index in [1.165, 1.54) is 11.2 Å². The van der Waals surface area contributed by atoms with Crippen LogP contribution in [0.5, 0.6) is 0 Å². The summed E-state index contributed by atoms with van der Waals surface area (Å²) in [4.78, 5) is 45.0.